The maximum atomic E-state index is 5.57. The summed E-state index contributed by atoms with van der Waals surface area (Å²) in [6.07, 6.45) is 4.51. The molecule has 1 aromatic carbocycles. The monoisotopic (exact) mass is 294 g/mol. The van der Waals surface area contributed by atoms with Crippen LogP contribution in [-0.4, -0.2) is 45.3 Å². The van der Waals surface area contributed by atoms with E-state index in [0.29, 0.717) is 0 Å². The van der Waals surface area contributed by atoms with Crippen LogP contribution in [0.2, 0.25) is 0 Å². The zero-order valence-corrected chi connectivity index (χ0v) is 13.7. The van der Waals surface area contributed by atoms with Crippen molar-refractivity contribution in [2.75, 3.05) is 40.4 Å². The molecule has 0 bridgehead atoms. The number of nitrogens with zero attached hydrogens (tertiary/aromatic N) is 1. The normalized spacial score (nSPS) is 10.9. The standard InChI is InChI=1S/C17H30N2O2/c1-4-11-19(12-6-5-10-18)13-9-15-7-8-16(20-2)17(14-15)21-3/h7-8,14H,4-6,9-13,18H2,1-3H3. The van der Waals surface area contributed by atoms with Crippen LogP contribution in [0.1, 0.15) is 31.7 Å². The first-order valence-electron chi connectivity index (χ1n) is 7.88. The van der Waals surface area contributed by atoms with Crippen molar-refractivity contribution in [2.45, 2.75) is 32.6 Å². The van der Waals surface area contributed by atoms with Gasteiger partial charge in [0.2, 0.25) is 0 Å². The second kappa shape index (κ2) is 10.5. The van der Waals surface area contributed by atoms with Gasteiger partial charge in [-0.25, -0.2) is 0 Å². The van der Waals surface area contributed by atoms with E-state index in [4.69, 9.17) is 15.2 Å². The van der Waals surface area contributed by atoms with E-state index in [9.17, 15) is 0 Å². The lowest BCUT2D eigenvalue weighted by atomic mass is 10.1. The van der Waals surface area contributed by atoms with Gasteiger partial charge < -0.3 is 20.1 Å². The van der Waals surface area contributed by atoms with Gasteiger partial charge in [0.05, 0.1) is 14.2 Å². The number of hydrogen-bond donors (Lipinski definition) is 1. The molecule has 1 rings (SSSR count). The van der Waals surface area contributed by atoms with E-state index in [0.717, 1.165) is 50.5 Å². The fourth-order valence-corrected chi connectivity index (χ4v) is 2.45. The lowest BCUT2D eigenvalue weighted by molar-refractivity contribution is 0.272. The maximum absolute atomic E-state index is 5.57. The molecule has 21 heavy (non-hydrogen) atoms. The van der Waals surface area contributed by atoms with Crippen LogP contribution in [-0.2, 0) is 6.42 Å². The van der Waals surface area contributed by atoms with Crippen LogP contribution in [0.25, 0.3) is 0 Å². The van der Waals surface area contributed by atoms with Crippen molar-refractivity contribution < 1.29 is 9.47 Å². The number of unbranched alkanes of at least 4 members (excludes halogenated alkanes) is 1. The second-order valence-corrected chi connectivity index (χ2v) is 5.28. The lowest BCUT2D eigenvalue weighted by Gasteiger charge is -2.21. The zero-order valence-electron chi connectivity index (χ0n) is 13.7. The minimum atomic E-state index is 0.787. The van der Waals surface area contributed by atoms with E-state index in [1.165, 1.54) is 18.4 Å². The highest BCUT2D eigenvalue weighted by Crippen LogP contribution is 2.27. The average molecular weight is 294 g/mol. The van der Waals surface area contributed by atoms with Gasteiger partial charge in [-0.2, -0.15) is 0 Å². The summed E-state index contributed by atoms with van der Waals surface area (Å²) >= 11 is 0. The molecule has 0 heterocycles. The summed E-state index contributed by atoms with van der Waals surface area (Å²) in [6, 6.07) is 6.17. The summed E-state index contributed by atoms with van der Waals surface area (Å²) in [6.45, 7) is 6.38. The molecule has 1 aromatic rings. The smallest absolute Gasteiger partial charge is 0.160 e. The molecule has 120 valence electrons. The summed E-state index contributed by atoms with van der Waals surface area (Å²) in [5.74, 6) is 1.59. The first kappa shape index (κ1) is 17.8. The number of benzene rings is 1. The van der Waals surface area contributed by atoms with Crippen LogP contribution >= 0.6 is 0 Å². The van der Waals surface area contributed by atoms with Crippen LogP contribution < -0.4 is 15.2 Å². The van der Waals surface area contributed by atoms with Crippen molar-refractivity contribution in [1.29, 1.82) is 0 Å². The summed E-state index contributed by atoms with van der Waals surface area (Å²) in [7, 11) is 3.34. The Kier molecular flexibility index (Phi) is 8.87. The van der Waals surface area contributed by atoms with Crippen LogP contribution in [0.5, 0.6) is 11.5 Å². The molecular weight excluding hydrogens is 264 g/mol. The van der Waals surface area contributed by atoms with Gasteiger partial charge >= 0.3 is 0 Å². The molecule has 0 unspecified atom stereocenters. The predicted molar refractivity (Wildman–Crippen MR) is 88.3 cm³/mol. The number of ether oxygens (including phenoxy) is 2. The largest absolute Gasteiger partial charge is 0.493 e. The first-order valence-corrected chi connectivity index (χ1v) is 7.88. The van der Waals surface area contributed by atoms with Gasteiger partial charge in [0, 0.05) is 6.54 Å². The van der Waals surface area contributed by atoms with E-state index in [-0.39, 0.29) is 0 Å². The molecule has 0 saturated carbocycles. The van der Waals surface area contributed by atoms with Gasteiger partial charge in [0.1, 0.15) is 0 Å². The van der Waals surface area contributed by atoms with Gasteiger partial charge in [-0.05, 0) is 63.0 Å². The van der Waals surface area contributed by atoms with Crippen LogP contribution in [0.4, 0.5) is 0 Å². The number of methoxy groups -OCH3 is 2. The van der Waals surface area contributed by atoms with Gasteiger partial charge in [-0.15, -0.1) is 0 Å². The summed E-state index contributed by atoms with van der Waals surface area (Å²) in [4.78, 5) is 2.52. The minimum Gasteiger partial charge on any atom is -0.493 e. The molecule has 4 nitrogen and oxygen atoms in total. The van der Waals surface area contributed by atoms with Crippen molar-refractivity contribution >= 4 is 0 Å². The Balaban J connectivity index is 2.54. The van der Waals surface area contributed by atoms with Crippen molar-refractivity contribution in [3.05, 3.63) is 23.8 Å². The highest BCUT2D eigenvalue weighted by atomic mass is 16.5. The Bertz CT molecular complexity index is 396. The molecule has 4 heteroatoms. The van der Waals surface area contributed by atoms with Crippen LogP contribution in [0.15, 0.2) is 18.2 Å². The fraction of sp³-hybridized carbons (Fsp3) is 0.647. The maximum Gasteiger partial charge on any atom is 0.160 e. The quantitative estimate of drug-likeness (QED) is 0.638. The highest BCUT2D eigenvalue weighted by molar-refractivity contribution is 5.42. The first-order chi connectivity index (χ1) is 10.2. The zero-order chi connectivity index (χ0) is 15.5. The summed E-state index contributed by atoms with van der Waals surface area (Å²) < 4.78 is 10.6. The summed E-state index contributed by atoms with van der Waals surface area (Å²) in [5.41, 5.74) is 6.85. The Morgan fingerprint density at radius 2 is 1.76 bits per heavy atom. The Morgan fingerprint density at radius 3 is 2.38 bits per heavy atom. The van der Waals surface area contributed by atoms with Crippen LogP contribution in [0.3, 0.4) is 0 Å². The topological polar surface area (TPSA) is 47.7 Å². The van der Waals surface area contributed by atoms with Gasteiger partial charge in [0.25, 0.3) is 0 Å². The number of nitrogens with two attached hydrogens (primary N) is 1. The Hall–Kier alpha value is -1.26. The molecule has 0 aliphatic carbocycles. The van der Waals surface area contributed by atoms with Crippen LogP contribution in [0, 0.1) is 0 Å². The van der Waals surface area contributed by atoms with Crippen molar-refractivity contribution in [1.82, 2.24) is 4.90 Å². The minimum absolute atomic E-state index is 0.787. The van der Waals surface area contributed by atoms with E-state index in [2.05, 4.69) is 24.0 Å². The van der Waals surface area contributed by atoms with E-state index in [1.807, 2.05) is 6.07 Å². The van der Waals surface area contributed by atoms with E-state index in [1.54, 1.807) is 14.2 Å². The van der Waals surface area contributed by atoms with Crippen molar-refractivity contribution in [3.8, 4) is 11.5 Å². The molecule has 0 aliphatic rings. The lowest BCUT2D eigenvalue weighted by Crippen LogP contribution is -2.28. The number of hydrogen-bond acceptors (Lipinski definition) is 4. The second-order valence-electron chi connectivity index (χ2n) is 5.28. The van der Waals surface area contributed by atoms with Crippen molar-refractivity contribution in [3.63, 3.8) is 0 Å². The molecule has 0 saturated heterocycles. The molecule has 0 atom stereocenters. The molecule has 0 amide bonds. The Labute approximate surface area is 129 Å². The molecular formula is C17H30N2O2. The third-order valence-electron chi connectivity index (χ3n) is 3.63. The SMILES string of the molecule is CCCN(CCCCN)CCc1ccc(OC)c(OC)c1. The predicted octanol–water partition coefficient (Wildman–Crippen LogP) is 2.70. The third-order valence-corrected chi connectivity index (χ3v) is 3.63. The molecule has 0 aliphatic heterocycles. The van der Waals surface area contributed by atoms with Crippen molar-refractivity contribution in [2.24, 2.45) is 5.73 Å². The van der Waals surface area contributed by atoms with Gasteiger partial charge in [-0.1, -0.05) is 13.0 Å². The van der Waals surface area contributed by atoms with Gasteiger partial charge in [-0.3, -0.25) is 0 Å². The molecule has 0 spiro atoms. The fourth-order valence-electron chi connectivity index (χ4n) is 2.45. The van der Waals surface area contributed by atoms with E-state index < -0.39 is 0 Å². The highest BCUT2D eigenvalue weighted by Gasteiger charge is 2.07. The Morgan fingerprint density at radius 1 is 1.00 bits per heavy atom. The molecule has 2 N–H and O–H groups in total. The molecule has 0 radical (unpaired) electrons. The molecule has 0 aromatic heterocycles. The van der Waals surface area contributed by atoms with E-state index >= 15 is 0 Å². The number of rotatable bonds is 11. The summed E-state index contributed by atoms with van der Waals surface area (Å²) in [5, 5.41) is 0. The van der Waals surface area contributed by atoms with Gasteiger partial charge in [0.15, 0.2) is 11.5 Å². The molecule has 0 fully saturated rings. The third kappa shape index (κ3) is 6.36. The average Bonchev–Trinajstić information content (AvgIpc) is 2.52.